The molecular weight excluding hydrogens is 248 g/mol. The molecule has 1 aromatic carbocycles. The maximum atomic E-state index is 11.9. The molecule has 2 rings (SSSR count). The van der Waals surface area contributed by atoms with Gasteiger partial charge in [0.2, 0.25) is 5.91 Å². The zero-order valence-corrected chi connectivity index (χ0v) is 11.3. The van der Waals surface area contributed by atoms with Crippen LogP contribution in [0.5, 0.6) is 0 Å². The van der Waals surface area contributed by atoms with Crippen LogP contribution >= 0.6 is 11.8 Å². The van der Waals surface area contributed by atoms with Crippen LogP contribution in [0.2, 0.25) is 0 Å². The molecule has 0 unspecified atom stereocenters. The van der Waals surface area contributed by atoms with E-state index in [1.54, 1.807) is 23.9 Å². The lowest BCUT2D eigenvalue weighted by molar-refractivity contribution is -0.115. The molecule has 4 nitrogen and oxygen atoms in total. The summed E-state index contributed by atoms with van der Waals surface area (Å²) in [5, 5.41) is 5.67. The summed E-state index contributed by atoms with van der Waals surface area (Å²) in [6.45, 7) is 3.83. The SMILES string of the molecule is CC(C)NC(=O)c1ccc2c(c1)NC(=O)CCS2. The summed E-state index contributed by atoms with van der Waals surface area (Å²) in [6.07, 6.45) is 0.507. The third-order valence-corrected chi connectivity index (χ3v) is 3.60. The zero-order valence-electron chi connectivity index (χ0n) is 10.4. The fourth-order valence-corrected chi connectivity index (χ4v) is 2.64. The normalized spacial score (nSPS) is 14.7. The van der Waals surface area contributed by atoms with Crippen LogP contribution in [0, 0.1) is 0 Å². The third kappa shape index (κ3) is 3.04. The van der Waals surface area contributed by atoms with Crippen molar-refractivity contribution in [1.29, 1.82) is 0 Å². The fraction of sp³-hybridized carbons (Fsp3) is 0.385. The predicted molar refractivity (Wildman–Crippen MR) is 73.0 cm³/mol. The highest BCUT2D eigenvalue weighted by Crippen LogP contribution is 2.31. The number of amides is 2. The smallest absolute Gasteiger partial charge is 0.251 e. The zero-order chi connectivity index (χ0) is 13.1. The molecule has 5 heteroatoms. The van der Waals surface area contributed by atoms with E-state index < -0.39 is 0 Å². The number of thioether (sulfide) groups is 1. The van der Waals surface area contributed by atoms with Crippen LogP contribution in [0.1, 0.15) is 30.6 Å². The van der Waals surface area contributed by atoms with Crippen LogP contribution in [-0.2, 0) is 4.79 Å². The third-order valence-electron chi connectivity index (χ3n) is 2.52. The number of carbonyl (C=O) groups excluding carboxylic acids is 2. The van der Waals surface area contributed by atoms with E-state index in [0.29, 0.717) is 12.0 Å². The van der Waals surface area contributed by atoms with Crippen LogP contribution in [0.15, 0.2) is 23.1 Å². The van der Waals surface area contributed by atoms with Crippen LogP contribution in [0.3, 0.4) is 0 Å². The molecule has 0 radical (unpaired) electrons. The van der Waals surface area contributed by atoms with Gasteiger partial charge in [-0.2, -0.15) is 0 Å². The Morgan fingerprint density at radius 2 is 2.22 bits per heavy atom. The van der Waals surface area contributed by atoms with Gasteiger partial charge >= 0.3 is 0 Å². The summed E-state index contributed by atoms with van der Waals surface area (Å²) in [7, 11) is 0. The highest BCUT2D eigenvalue weighted by atomic mass is 32.2. The molecule has 0 saturated heterocycles. The van der Waals surface area contributed by atoms with E-state index in [2.05, 4.69) is 10.6 Å². The predicted octanol–water partition coefficient (Wildman–Crippen LogP) is 2.26. The minimum absolute atomic E-state index is 0.00247. The summed E-state index contributed by atoms with van der Waals surface area (Å²) in [5.74, 6) is 0.662. The number of rotatable bonds is 2. The van der Waals surface area contributed by atoms with Gasteiger partial charge < -0.3 is 10.6 Å². The highest BCUT2D eigenvalue weighted by Gasteiger charge is 2.15. The van der Waals surface area contributed by atoms with E-state index in [-0.39, 0.29) is 17.9 Å². The fourth-order valence-electron chi connectivity index (χ4n) is 1.71. The number of benzene rings is 1. The molecule has 2 N–H and O–H groups in total. The Bertz CT molecular complexity index is 486. The minimum Gasteiger partial charge on any atom is -0.350 e. The molecule has 0 fully saturated rings. The van der Waals surface area contributed by atoms with Gasteiger partial charge in [0.1, 0.15) is 0 Å². The lowest BCUT2D eigenvalue weighted by Gasteiger charge is -2.11. The van der Waals surface area contributed by atoms with Crippen LogP contribution in [0.25, 0.3) is 0 Å². The summed E-state index contributed by atoms with van der Waals surface area (Å²) < 4.78 is 0. The average molecular weight is 264 g/mol. The minimum atomic E-state index is -0.115. The van der Waals surface area contributed by atoms with Gasteiger partial charge in [-0.15, -0.1) is 11.8 Å². The van der Waals surface area contributed by atoms with E-state index in [1.807, 2.05) is 19.9 Å². The van der Waals surface area contributed by atoms with Crippen molar-refractivity contribution in [3.63, 3.8) is 0 Å². The lowest BCUT2D eigenvalue weighted by Crippen LogP contribution is -2.30. The first-order chi connectivity index (χ1) is 8.56. The Morgan fingerprint density at radius 3 is 2.94 bits per heavy atom. The highest BCUT2D eigenvalue weighted by molar-refractivity contribution is 7.99. The molecule has 1 aliphatic rings. The molecule has 96 valence electrons. The topological polar surface area (TPSA) is 58.2 Å². The number of carbonyl (C=O) groups is 2. The molecular formula is C13H16N2O2S. The number of fused-ring (bicyclic) bond motifs is 1. The van der Waals surface area contributed by atoms with Gasteiger partial charge in [-0.05, 0) is 32.0 Å². The number of hydrogen-bond acceptors (Lipinski definition) is 3. The Hall–Kier alpha value is -1.49. The van der Waals surface area contributed by atoms with E-state index in [4.69, 9.17) is 0 Å². The van der Waals surface area contributed by atoms with E-state index in [9.17, 15) is 9.59 Å². The maximum Gasteiger partial charge on any atom is 0.251 e. The maximum absolute atomic E-state index is 11.9. The summed E-state index contributed by atoms with van der Waals surface area (Å²) in [4.78, 5) is 24.4. The monoisotopic (exact) mass is 264 g/mol. The first-order valence-electron chi connectivity index (χ1n) is 5.94. The molecule has 1 aliphatic heterocycles. The standard InChI is InChI=1S/C13H16N2O2S/c1-8(2)14-13(17)9-3-4-11-10(7-9)15-12(16)5-6-18-11/h3-4,7-8H,5-6H2,1-2H3,(H,14,17)(H,15,16). The first kappa shape index (κ1) is 13.0. The van der Waals surface area contributed by atoms with Crippen LogP contribution in [0.4, 0.5) is 5.69 Å². The van der Waals surface area contributed by atoms with Crippen molar-refractivity contribution >= 4 is 29.3 Å². The van der Waals surface area contributed by atoms with Gasteiger partial charge in [0, 0.05) is 28.7 Å². The number of hydrogen-bond donors (Lipinski definition) is 2. The van der Waals surface area contributed by atoms with Gasteiger partial charge in [-0.1, -0.05) is 0 Å². The largest absolute Gasteiger partial charge is 0.350 e. The Kier molecular flexibility index (Phi) is 3.91. The Balaban J connectivity index is 2.25. The van der Waals surface area contributed by atoms with Gasteiger partial charge in [-0.25, -0.2) is 0 Å². The average Bonchev–Trinajstić information content (AvgIpc) is 2.47. The molecule has 0 aromatic heterocycles. The second-order valence-electron chi connectivity index (χ2n) is 4.49. The van der Waals surface area contributed by atoms with Crippen LogP contribution in [-0.4, -0.2) is 23.6 Å². The molecule has 0 spiro atoms. The molecule has 0 atom stereocenters. The molecule has 1 heterocycles. The van der Waals surface area contributed by atoms with E-state index >= 15 is 0 Å². The number of anilines is 1. The van der Waals surface area contributed by atoms with Crippen molar-refractivity contribution in [2.24, 2.45) is 0 Å². The van der Waals surface area contributed by atoms with Crippen molar-refractivity contribution < 1.29 is 9.59 Å². The number of nitrogens with one attached hydrogen (secondary N) is 2. The molecule has 1 aromatic rings. The van der Waals surface area contributed by atoms with Gasteiger partial charge in [0.15, 0.2) is 0 Å². The summed E-state index contributed by atoms with van der Waals surface area (Å²) in [6, 6.07) is 5.52. The van der Waals surface area contributed by atoms with Crippen molar-refractivity contribution in [2.45, 2.75) is 31.2 Å². The second-order valence-corrected chi connectivity index (χ2v) is 5.62. The Labute approximate surface area is 111 Å². The lowest BCUT2D eigenvalue weighted by atomic mass is 10.1. The molecule has 0 saturated carbocycles. The van der Waals surface area contributed by atoms with Crippen molar-refractivity contribution in [3.05, 3.63) is 23.8 Å². The van der Waals surface area contributed by atoms with Gasteiger partial charge in [0.25, 0.3) is 5.91 Å². The first-order valence-corrected chi connectivity index (χ1v) is 6.92. The second kappa shape index (κ2) is 5.44. The molecule has 18 heavy (non-hydrogen) atoms. The van der Waals surface area contributed by atoms with E-state index in [1.165, 1.54) is 0 Å². The van der Waals surface area contributed by atoms with Gasteiger partial charge in [0.05, 0.1) is 5.69 Å². The van der Waals surface area contributed by atoms with E-state index in [0.717, 1.165) is 16.3 Å². The van der Waals surface area contributed by atoms with Crippen molar-refractivity contribution in [1.82, 2.24) is 5.32 Å². The van der Waals surface area contributed by atoms with Crippen LogP contribution < -0.4 is 10.6 Å². The molecule has 2 amide bonds. The van der Waals surface area contributed by atoms with Gasteiger partial charge in [-0.3, -0.25) is 9.59 Å². The Morgan fingerprint density at radius 1 is 1.44 bits per heavy atom. The summed E-state index contributed by atoms with van der Waals surface area (Å²) in [5.41, 5.74) is 1.31. The molecule has 0 bridgehead atoms. The quantitative estimate of drug-likeness (QED) is 0.861. The molecule has 0 aliphatic carbocycles. The van der Waals surface area contributed by atoms with Crippen molar-refractivity contribution in [2.75, 3.05) is 11.1 Å². The van der Waals surface area contributed by atoms with Crippen molar-refractivity contribution in [3.8, 4) is 0 Å². The summed E-state index contributed by atoms with van der Waals surface area (Å²) >= 11 is 1.63.